The third kappa shape index (κ3) is 4.56. The van der Waals surface area contributed by atoms with Gasteiger partial charge in [0.05, 0.1) is 22.5 Å². The minimum atomic E-state index is -1.31. The number of benzene rings is 3. The van der Waals surface area contributed by atoms with E-state index in [4.69, 9.17) is 0 Å². The third-order valence-corrected chi connectivity index (χ3v) is 5.86. The van der Waals surface area contributed by atoms with Gasteiger partial charge in [0.15, 0.2) is 11.8 Å². The zero-order chi connectivity index (χ0) is 26.1. The lowest BCUT2D eigenvalue weighted by molar-refractivity contribution is -0.117. The Balaban J connectivity index is 1.65. The third-order valence-electron chi connectivity index (χ3n) is 5.86. The molecule has 10 nitrogen and oxygen atoms in total. The summed E-state index contributed by atoms with van der Waals surface area (Å²) >= 11 is 0. The summed E-state index contributed by atoms with van der Waals surface area (Å²) in [6.45, 7) is 5.57. The summed E-state index contributed by atoms with van der Waals surface area (Å²) in [5.74, 6) is -3.35. The lowest BCUT2D eigenvalue weighted by Gasteiger charge is -2.14. The number of nitrogens with zero attached hydrogens (tertiary/aromatic N) is 4. The Bertz CT molecular complexity index is 1450. The van der Waals surface area contributed by atoms with E-state index >= 15 is 0 Å². The van der Waals surface area contributed by atoms with Gasteiger partial charge in [-0.05, 0) is 73.9 Å². The number of rotatable bonds is 6. The topological polar surface area (TPSA) is 152 Å². The molecule has 0 fully saturated rings. The van der Waals surface area contributed by atoms with Crippen molar-refractivity contribution >= 4 is 34.9 Å². The van der Waals surface area contributed by atoms with Crippen LogP contribution < -0.4 is 5.01 Å². The van der Waals surface area contributed by atoms with Crippen molar-refractivity contribution in [2.75, 3.05) is 5.01 Å². The van der Waals surface area contributed by atoms with E-state index in [-0.39, 0.29) is 33.7 Å². The predicted octanol–water partition coefficient (Wildman–Crippen LogP) is 4.95. The molecule has 1 aliphatic rings. The van der Waals surface area contributed by atoms with Crippen LogP contribution in [0.2, 0.25) is 0 Å². The first kappa shape index (κ1) is 24.3. The molecule has 1 amide bonds. The van der Waals surface area contributed by atoms with Gasteiger partial charge in [0, 0.05) is 5.56 Å². The number of carbonyl (C=O) groups excluding carboxylic acids is 1. The number of hydrogen-bond donors (Lipinski definition) is 3. The molecule has 0 radical (unpaired) electrons. The number of anilines is 1. The molecule has 10 heteroatoms. The van der Waals surface area contributed by atoms with E-state index in [1.807, 2.05) is 26.0 Å². The largest absolute Gasteiger partial charge is 0.505 e. The lowest BCUT2D eigenvalue weighted by atomic mass is 9.98. The summed E-state index contributed by atoms with van der Waals surface area (Å²) < 4.78 is 0. The van der Waals surface area contributed by atoms with E-state index in [1.165, 1.54) is 29.3 Å². The van der Waals surface area contributed by atoms with Gasteiger partial charge in [0.2, 0.25) is 0 Å². The van der Waals surface area contributed by atoms with Crippen LogP contribution in [0.3, 0.4) is 0 Å². The number of hydrazone groups is 1. The molecule has 3 aromatic rings. The number of phenols is 1. The van der Waals surface area contributed by atoms with Gasteiger partial charge in [0.1, 0.15) is 5.69 Å². The van der Waals surface area contributed by atoms with Gasteiger partial charge in [0.25, 0.3) is 5.91 Å². The van der Waals surface area contributed by atoms with Crippen LogP contribution in [0.5, 0.6) is 5.75 Å². The highest BCUT2D eigenvalue weighted by molar-refractivity contribution is 6.18. The number of aromatic hydroxyl groups is 1. The van der Waals surface area contributed by atoms with Gasteiger partial charge < -0.3 is 15.3 Å². The van der Waals surface area contributed by atoms with E-state index in [0.717, 1.165) is 17.2 Å². The van der Waals surface area contributed by atoms with Crippen LogP contribution in [0, 0.1) is 13.8 Å². The van der Waals surface area contributed by atoms with Crippen molar-refractivity contribution in [2.45, 2.75) is 26.8 Å². The molecular weight excluding hydrogens is 464 g/mol. The van der Waals surface area contributed by atoms with Crippen molar-refractivity contribution < 1.29 is 29.7 Å². The summed E-state index contributed by atoms with van der Waals surface area (Å²) in [5, 5.41) is 43.3. The monoisotopic (exact) mass is 486 g/mol. The molecular formula is C26H22N4O6. The van der Waals surface area contributed by atoms with Crippen molar-refractivity contribution in [1.29, 1.82) is 0 Å². The second kappa shape index (κ2) is 9.41. The zero-order valence-corrected chi connectivity index (χ0v) is 19.6. The highest BCUT2D eigenvalue weighted by Gasteiger charge is 2.35. The van der Waals surface area contributed by atoms with Gasteiger partial charge in [-0.3, -0.25) is 4.79 Å². The number of azo groups is 1. The number of aromatic carboxylic acids is 2. The Kier molecular flexibility index (Phi) is 6.35. The Morgan fingerprint density at radius 3 is 2.19 bits per heavy atom. The number of carboxylic acid groups (broad SMARTS) is 2. The summed E-state index contributed by atoms with van der Waals surface area (Å²) in [7, 11) is 0. The highest BCUT2D eigenvalue weighted by Crippen LogP contribution is 2.38. The molecule has 0 saturated carbocycles. The Morgan fingerprint density at radius 2 is 1.58 bits per heavy atom. The van der Waals surface area contributed by atoms with Gasteiger partial charge >= 0.3 is 11.9 Å². The number of carboxylic acids is 2. The van der Waals surface area contributed by atoms with Crippen LogP contribution in [0.15, 0.2) is 69.9 Å². The number of para-hydroxylation sites is 1. The molecule has 1 unspecified atom stereocenters. The zero-order valence-electron chi connectivity index (χ0n) is 19.6. The molecule has 3 aromatic carbocycles. The molecule has 0 bridgehead atoms. The molecule has 4 rings (SSSR count). The van der Waals surface area contributed by atoms with E-state index in [1.54, 1.807) is 19.1 Å². The summed E-state index contributed by atoms with van der Waals surface area (Å²) in [6, 6.07) is 12.6. The van der Waals surface area contributed by atoms with Crippen molar-refractivity contribution in [2.24, 2.45) is 15.3 Å². The molecule has 1 heterocycles. The number of carbonyl (C=O) groups is 3. The molecule has 0 saturated heterocycles. The minimum Gasteiger partial charge on any atom is -0.505 e. The Labute approximate surface area is 205 Å². The second-order valence-electron chi connectivity index (χ2n) is 8.36. The Hall–Kier alpha value is -4.86. The molecule has 36 heavy (non-hydrogen) atoms. The summed E-state index contributed by atoms with van der Waals surface area (Å²) in [6.07, 6.45) is 0. The maximum atomic E-state index is 13.0. The SMILES string of the molecule is CC1=NN(c2ccc(C)c(C)c2)C(=O)C1N=Nc1cccc(-c2cc(C(=O)O)cc(C(=O)O)c2)c1O. The van der Waals surface area contributed by atoms with E-state index in [2.05, 4.69) is 15.3 Å². The maximum Gasteiger partial charge on any atom is 0.335 e. The normalized spacial score (nSPS) is 15.4. The van der Waals surface area contributed by atoms with Gasteiger partial charge in [-0.1, -0.05) is 18.2 Å². The fraction of sp³-hybridized carbons (Fsp3) is 0.154. The first-order chi connectivity index (χ1) is 17.1. The molecule has 0 spiro atoms. The standard InChI is InChI=1S/C26H22N4O6/c1-13-7-8-19(9-14(13)2)30-24(32)22(15(3)29-30)28-27-21-6-4-5-20(23(21)31)16-10-17(25(33)34)12-18(11-16)26(35)36/h4-12,22,31H,1-3H3,(H,33,34)(H,35,36). The number of hydrogen-bond acceptors (Lipinski definition) is 7. The second-order valence-corrected chi connectivity index (χ2v) is 8.36. The number of phenolic OH excluding ortho intramolecular Hbond substituents is 1. The Morgan fingerprint density at radius 1 is 0.917 bits per heavy atom. The number of amides is 1. The minimum absolute atomic E-state index is 0.0235. The molecule has 3 N–H and O–H groups in total. The smallest absolute Gasteiger partial charge is 0.335 e. The highest BCUT2D eigenvalue weighted by atomic mass is 16.4. The fourth-order valence-corrected chi connectivity index (χ4v) is 3.73. The molecule has 0 aromatic heterocycles. The van der Waals surface area contributed by atoms with Crippen molar-refractivity contribution in [3.05, 3.63) is 76.9 Å². The first-order valence-corrected chi connectivity index (χ1v) is 10.9. The van der Waals surface area contributed by atoms with Crippen LogP contribution in [0.4, 0.5) is 11.4 Å². The molecule has 0 aliphatic carbocycles. The summed E-state index contributed by atoms with van der Waals surface area (Å²) in [4.78, 5) is 35.9. The van der Waals surface area contributed by atoms with Crippen molar-refractivity contribution in [1.82, 2.24) is 0 Å². The molecule has 1 aliphatic heterocycles. The quantitative estimate of drug-likeness (QED) is 0.419. The fourth-order valence-electron chi connectivity index (χ4n) is 3.73. The maximum absolute atomic E-state index is 13.0. The molecule has 182 valence electrons. The predicted molar refractivity (Wildman–Crippen MR) is 132 cm³/mol. The van der Waals surface area contributed by atoms with Gasteiger partial charge in [-0.15, -0.1) is 0 Å². The first-order valence-electron chi connectivity index (χ1n) is 10.9. The summed E-state index contributed by atoms with van der Waals surface area (Å²) in [5.41, 5.74) is 3.01. The van der Waals surface area contributed by atoms with Crippen molar-refractivity contribution in [3.8, 4) is 16.9 Å². The van der Waals surface area contributed by atoms with Crippen LogP contribution in [-0.2, 0) is 4.79 Å². The van der Waals surface area contributed by atoms with E-state index < -0.39 is 23.9 Å². The van der Waals surface area contributed by atoms with E-state index in [0.29, 0.717) is 11.4 Å². The molecule has 1 atom stereocenters. The van der Waals surface area contributed by atoms with Crippen LogP contribution in [0.25, 0.3) is 11.1 Å². The van der Waals surface area contributed by atoms with Crippen molar-refractivity contribution in [3.63, 3.8) is 0 Å². The van der Waals surface area contributed by atoms with E-state index in [9.17, 15) is 29.7 Å². The van der Waals surface area contributed by atoms with Gasteiger partial charge in [-0.2, -0.15) is 20.3 Å². The number of aryl methyl sites for hydroxylation is 2. The lowest BCUT2D eigenvalue weighted by Crippen LogP contribution is -2.29. The average Bonchev–Trinajstić information content (AvgIpc) is 3.12. The van der Waals surface area contributed by atoms with Crippen LogP contribution in [-0.4, -0.2) is 44.9 Å². The van der Waals surface area contributed by atoms with Crippen LogP contribution >= 0.6 is 0 Å². The average molecular weight is 486 g/mol. The van der Waals surface area contributed by atoms with Crippen LogP contribution in [0.1, 0.15) is 38.8 Å². The van der Waals surface area contributed by atoms with Gasteiger partial charge in [-0.25, -0.2) is 9.59 Å².